The average molecular weight is 662 g/mol. The van der Waals surface area contributed by atoms with Gasteiger partial charge in [-0.05, 0) is 73.7 Å². The fourth-order valence-electron chi connectivity index (χ4n) is 4.96. The molecule has 244 valence electrons. The molecule has 12 nitrogen and oxygen atoms in total. The molecule has 0 aromatic heterocycles. The number of ether oxygens (including phenoxy) is 3. The van der Waals surface area contributed by atoms with E-state index in [1.807, 2.05) is 6.92 Å². The number of fused-ring (bicyclic) bond motifs is 1. The number of hydrogen-bond acceptors (Lipinski definition) is 9. The lowest BCUT2D eigenvalue weighted by Crippen LogP contribution is -2.48. The van der Waals surface area contributed by atoms with Crippen LogP contribution in [0.4, 0.5) is 5.69 Å². The highest BCUT2D eigenvalue weighted by Crippen LogP contribution is 2.31. The summed E-state index contributed by atoms with van der Waals surface area (Å²) in [6, 6.07) is 16.1. The number of aliphatic hydroxyl groups excluding tert-OH is 1. The highest BCUT2D eigenvalue weighted by molar-refractivity contribution is 7.92. The summed E-state index contributed by atoms with van der Waals surface area (Å²) in [7, 11) is -3.44. The van der Waals surface area contributed by atoms with Crippen LogP contribution in [0.25, 0.3) is 0 Å². The number of sulfonamides is 2. The van der Waals surface area contributed by atoms with Gasteiger partial charge in [0.15, 0.2) is 0 Å². The van der Waals surface area contributed by atoms with Gasteiger partial charge in [0.2, 0.25) is 15.9 Å². The molecule has 3 atom stereocenters. The van der Waals surface area contributed by atoms with Gasteiger partial charge < -0.3 is 24.2 Å². The van der Waals surface area contributed by atoms with Gasteiger partial charge in [0, 0.05) is 30.8 Å². The molecule has 0 bridgehead atoms. The van der Waals surface area contributed by atoms with Gasteiger partial charge in [-0.2, -0.15) is 4.31 Å². The number of rotatable bonds is 11. The minimum absolute atomic E-state index is 0.0251. The first-order valence-electron chi connectivity index (χ1n) is 14.3. The SMILES string of the molecule is COc1ccc(S(=O)(=O)Nc2ccc3c(c2)CC(=O)N([C@@H](C)CO)C[C@@H](C)[C@@H](CN(C)S(=O)(=O)c2ccc(OC)cc2)O3)cc1. The van der Waals surface area contributed by atoms with Crippen molar-refractivity contribution in [3.8, 4) is 17.2 Å². The van der Waals surface area contributed by atoms with E-state index in [9.17, 15) is 26.7 Å². The van der Waals surface area contributed by atoms with Crippen molar-refractivity contribution in [3.05, 3.63) is 72.3 Å². The Kier molecular flexibility index (Phi) is 10.6. The number of anilines is 1. The van der Waals surface area contributed by atoms with Crippen molar-refractivity contribution in [1.29, 1.82) is 0 Å². The normalized spacial score (nSPS) is 18.2. The molecule has 0 fully saturated rings. The Labute approximate surface area is 264 Å². The molecule has 3 aromatic carbocycles. The third-order valence-electron chi connectivity index (χ3n) is 7.74. The molecule has 0 saturated heterocycles. The second kappa shape index (κ2) is 14.1. The van der Waals surface area contributed by atoms with E-state index in [4.69, 9.17) is 14.2 Å². The van der Waals surface area contributed by atoms with Gasteiger partial charge in [-0.3, -0.25) is 9.52 Å². The number of methoxy groups -OCH3 is 2. The third kappa shape index (κ3) is 7.87. The molecule has 4 rings (SSSR count). The lowest BCUT2D eigenvalue weighted by Gasteiger charge is -2.33. The molecule has 14 heteroatoms. The molecular formula is C31H39N3O9S2. The van der Waals surface area contributed by atoms with E-state index < -0.39 is 32.2 Å². The molecule has 1 heterocycles. The molecule has 0 aliphatic carbocycles. The molecule has 0 spiro atoms. The van der Waals surface area contributed by atoms with Crippen molar-refractivity contribution in [2.75, 3.05) is 45.7 Å². The second-order valence-electron chi connectivity index (χ2n) is 11.0. The summed E-state index contributed by atoms with van der Waals surface area (Å²) in [5, 5.41) is 9.91. The molecule has 0 saturated carbocycles. The summed E-state index contributed by atoms with van der Waals surface area (Å²) >= 11 is 0. The predicted molar refractivity (Wildman–Crippen MR) is 169 cm³/mol. The fraction of sp³-hybridized carbons (Fsp3) is 0.387. The number of amides is 1. The monoisotopic (exact) mass is 661 g/mol. The van der Waals surface area contributed by atoms with Crippen LogP contribution in [-0.4, -0.2) is 90.2 Å². The largest absolute Gasteiger partial charge is 0.497 e. The van der Waals surface area contributed by atoms with Gasteiger partial charge in [-0.1, -0.05) is 6.92 Å². The number of benzene rings is 3. The average Bonchev–Trinajstić information content (AvgIpc) is 3.07. The number of carbonyl (C=O) groups excluding carboxylic acids is 1. The van der Waals surface area contributed by atoms with Crippen LogP contribution >= 0.6 is 0 Å². The first-order valence-corrected chi connectivity index (χ1v) is 17.2. The molecule has 0 radical (unpaired) electrons. The summed E-state index contributed by atoms with van der Waals surface area (Å²) in [6.45, 7) is 3.46. The lowest BCUT2D eigenvalue weighted by molar-refractivity contribution is -0.134. The van der Waals surface area contributed by atoms with Crippen molar-refractivity contribution in [3.63, 3.8) is 0 Å². The van der Waals surface area contributed by atoms with Gasteiger partial charge >= 0.3 is 0 Å². The maximum absolute atomic E-state index is 13.5. The van der Waals surface area contributed by atoms with Gasteiger partial charge in [0.05, 0.1) is 49.6 Å². The number of aliphatic hydroxyl groups is 1. The van der Waals surface area contributed by atoms with E-state index in [-0.39, 0.29) is 53.4 Å². The molecule has 3 aromatic rings. The van der Waals surface area contributed by atoms with Crippen LogP contribution in [0.15, 0.2) is 76.5 Å². The maximum atomic E-state index is 13.5. The van der Waals surface area contributed by atoms with Crippen molar-refractivity contribution in [1.82, 2.24) is 9.21 Å². The Bertz CT molecular complexity index is 1700. The number of likely N-dealkylation sites (N-methyl/N-ethyl adjacent to an activating group) is 1. The molecule has 1 aliphatic rings. The van der Waals surface area contributed by atoms with Crippen LogP contribution in [0.5, 0.6) is 17.2 Å². The number of hydrogen-bond donors (Lipinski definition) is 2. The quantitative estimate of drug-likeness (QED) is 0.316. The van der Waals surface area contributed by atoms with Gasteiger partial charge in [0.25, 0.3) is 10.0 Å². The summed E-state index contributed by atoms with van der Waals surface area (Å²) < 4.78 is 73.5. The molecule has 0 unspecified atom stereocenters. The minimum atomic E-state index is -3.97. The highest BCUT2D eigenvalue weighted by Gasteiger charge is 2.33. The predicted octanol–water partition coefficient (Wildman–Crippen LogP) is 2.97. The van der Waals surface area contributed by atoms with Gasteiger partial charge in [-0.15, -0.1) is 0 Å². The summed E-state index contributed by atoms with van der Waals surface area (Å²) in [5.74, 6) is 0.713. The van der Waals surface area contributed by atoms with Crippen LogP contribution in [0.2, 0.25) is 0 Å². The van der Waals surface area contributed by atoms with Crippen LogP contribution < -0.4 is 18.9 Å². The van der Waals surface area contributed by atoms with E-state index in [0.717, 1.165) is 0 Å². The smallest absolute Gasteiger partial charge is 0.261 e. The van der Waals surface area contributed by atoms with E-state index in [2.05, 4.69) is 4.72 Å². The van der Waals surface area contributed by atoms with E-state index in [1.54, 1.807) is 30.0 Å². The topological polar surface area (TPSA) is 152 Å². The van der Waals surface area contributed by atoms with Crippen LogP contribution in [0.3, 0.4) is 0 Å². The van der Waals surface area contributed by atoms with E-state index in [1.165, 1.54) is 74.1 Å². The maximum Gasteiger partial charge on any atom is 0.261 e. The van der Waals surface area contributed by atoms with Crippen LogP contribution in [-0.2, 0) is 31.3 Å². The number of nitrogens with zero attached hydrogens (tertiary/aromatic N) is 2. The Balaban J connectivity index is 1.66. The molecule has 45 heavy (non-hydrogen) atoms. The zero-order chi connectivity index (χ0) is 32.9. The summed E-state index contributed by atoms with van der Waals surface area (Å²) in [5.41, 5.74) is 0.621. The Morgan fingerprint density at radius 3 is 2.11 bits per heavy atom. The Morgan fingerprint density at radius 1 is 0.978 bits per heavy atom. The van der Waals surface area contributed by atoms with E-state index >= 15 is 0 Å². The van der Waals surface area contributed by atoms with Gasteiger partial charge in [0.1, 0.15) is 23.4 Å². The first-order chi connectivity index (χ1) is 21.3. The third-order valence-corrected chi connectivity index (χ3v) is 11.0. The number of nitrogens with one attached hydrogen (secondary N) is 1. The standard InChI is InChI=1S/C31H39N3O9S2/c1-21-18-34(22(2)20-35)31(36)17-23-16-24(32-44(37,38)27-11-7-25(41-4)8-12-27)6-15-29(23)43-30(21)19-33(3)45(39,40)28-13-9-26(42-5)10-14-28/h6-16,21-22,30,32,35H,17-20H2,1-5H3/t21-,22+,30-/m1/s1. The molecule has 1 amide bonds. The van der Waals surface area contributed by atoms with Crippen molar-refractivity contribution >= 4 is 31.6 Å². The van der Waals surface area contributed by atoms with Gasteiger partial charge in [-0.25, -0.2) is 16.8 Å². The second-order valence-corrected chi connectivity index (χ2v) is 14.7. The molecule has 2 N–H and O–H groups in total. The lowest BCUT2D eigenvalue weighted by atomic mass is 10.0. The van der Waals surface area contributed by atoms with Crippen molar-refractivity contribution in [2.24, 2.45) is 5.92 Å². The zero-order valence-corrected chi connectivity index (χ0v) is 27.5. The first kappa shape index (κ1) is 34.0. The summed E-state index contributed by atoms with van der Waals surface area (Å²) in [4.78, 5) is 15.2. The Morgan fingerprint density at radius 2 is 1.56 bits per heavy atom. The fourth-order valence-corrected chi connectivity index (χ4v) is 7.19. The van der Waals surface area contributed by atoms with Crippen molar-refractivity contribution < 1.29 is 40.9 Å². The van der Waals surface area contributed by atoms with Crippen LogP contribution in [0, 0.1) is 5.92 Å². The van der Waals surface area contributed by atoms with Crippen molar-refractivity contribution in [2.45, 2.75) is 42.2 Å². The molecular weight excluding hydrogens is 622 g/mol. The minimum Gasteiger partial charge on any atom is -0.497 e. The highest BCUT2D eigenvalue weighted by atomic mass is 32.2. The molecule has 1 aliphatic heterocycles. The van der Waals surface area contributed by atoms with E-state index in [0.29, 0.717) is 22.8 Å². The zero-order valence-electron chi connectivity index (χ0n) is 25.8. The number of carbonyl (C=O) groups is 1. The Hall–Kier alpha value is -3.85. The van der Waals surface area contributed by atoms with Crippen LogP contribution in [0.1, 0.15) is 19.4 Å². The summed E-state index contributed by atoms with van der Waals surface area (Å²) in [6.07, 6.45) is -0.833.